The summed E-state index contributed by atoms with van der Waals surface area (Å²) >= 11 is 0. The van der Waals surface area contributed by atoms with E-state index in [0.29, 0.717) is 23.3 Å². The van der Waals surface area contributed by atoms with Gasteiger partial charge in [0.1, 0.15) is 5.75 Å². The Hall–Kier alpha value is -3.40. The van der Waals surface area contributed by atoms with E-state index in [2.05, 4.69) is 5.32 Å². The number of ether oxygens (including phenoxy) is 1. The van der Waals surface area contributed by atoms with Gasteiger partial charge in [-0.25, -0.2) is 0 Å². The van der Waals surface area contributed by atoms with E-state index in [0.717, 1.165) is 11.1 Å². The van der Waals surface area contributed by atoms with Crippen molar-refractivity contribution in [2.75, 3.05) is 5.32 Å². The maximum atomic E-state index is 12.6. The lowest BCUT2D eigenvalue weighted by Gasteiger charge is -2.17. The van der Waals surface area contributed by atoms with Crippen molar-refractivity contribution in [2.24, 2.45) is 0 Å². The van der Waals surface area contributed by atoms with Crippen molar-refractivity contribution >= 4 is 17.9 Å². The number of carbonyl (C=O) groups is 2. The van der Waals surface area contributed by atoms with E-state index in [9.17, 15) is 9.59 Å². The fourth-order valence-corrected chi connectivity index (χ4v) is 2.63. The summed E-state index contributed by atoms with van der Waals surface area (Å²) in [6, 6.07) is 24.3. The molecule has 130 valence electrons. The Bertz CT molecular complexity index is 906. The second-order valence-electron chi connectivity index (χ2n) is 5.82. The molecule has 3 rings (SSSR count). The molecule has 0 saturated heterocycles. The third-order valence-electron chi connectivity index (χ3n) is 3.99. The number of rotatable bonds is 6. The largest absolute Gasteiger partial charge is 0.480 e. The van der Waals surface area contributed by atoms with Gasteiger partial charge >= 0.3 is 0 Å². The first kappa shape index (κ1) is 17.4. The van der Waals surface area contributed by atoms with Crippen molar-refractivity contribution in [1.29, 1.82) is 0 Å². The fraction of sp³-hybridized carbons (Fsp3) is 0.0909. The summed E-state index contributed by atoms with van der Waals surface area (Å²) < 4.78 is 5.67. The average Bonchev–Trinajstić information content (AvgIpc) is 2.69. The van der Waals surface area contributed by atoms with Crippen LogP contribution in [0, 0.1) is 0 Å². The number of carbonyl (C=O) groups excluding carboxylic acids is 2. The second kappa shape index (κ2) is 8.12. The van der Waals surface area contributed by atoms with Crippen molar-refractivity contribution < 1.29 is 14.3 Å². The van der Waals surface area contributed by atoms with Gasteiger partial charge < -0.3 is 10.1 Å². The highest BCUT2D eigenvalue weighted by Gasteiger charge is 2.17. The topological polar surface area (TPSA) is 55.4 Å². The Morgan fingerprint density at radius 2 is 1.58 bits per heavy atom. The number of benzene rings is 3. The van der Waals surface area contributed by atoms with Gasteiger partial charge in [0, 0.05) is 11.3 Å². The molecule has 3 aromatic rings. The molecule has 1 atom stereocenters. The van der Waals surface area contributed by atoms with Gasteiger partial charge in [0.25, 0.3) is 5.91 Å². The van der Waals surface area contributed by atoms with Gasteiger partial charge in [-0.15, -0.1) is 0 Å². The molecule has 26 heavy (non-hydrogen) atoms. The fourth-order valence-electron chi connectivity index (χ4n) is 2.63. The molecule has 1 amide bonds. The lowest BCUT2D eigenvalue weighted by Crippen LogP contribution is -2.30. The molecule has 1 N–H and O–H groups in total. The van der Waals surface area contributed by atoms with Crippen molar-refractivity contribution in [3.63, 3.8) is 0 Å². The van der Waals surface area contributed by atoms with Gasteiger partial charge in [-0.2, -0.15) is 0 Å². The van der Waals surface area contributed by atoms with Crippen LogP contribution in [0.15, 0.2) is 78.9 Å². The number of para-hydroxylation sites is 2. The third kappa shape index (κ3) is 3.98. The first-order chi connectivity index (χ1) is 12.7. The highest BCUT2D eigenvalue weighted by molar-refractivity contribution is 5.98. The molecule has 0 radical (unpaired) electrons. The molecule has 3 aromatic carbocycles. The zero-order valence-corrected chi connectivity index (χ0v) is 14.4. The number of hydrogen-bond donors (Lipinski definition) is 1. The van der Waals surface area contributed by atoms with Crippen molar-refractivity contribution in [2.45, 2.75) is 13.0 Å². The third-order valence-corrected chi connectivity index (χ3v) is 3.99. The summed E-state index contributed by atoms with van der Waals surface area (Å²) in [5, 5.41) is 2.91. The van der Waals surface area contributed by atoms with Crippen LogP contribution in [0.3, 0.4) is 0 Å². The van der Waals surface area contributed by atoms with Crippen LogP contribution in [0.2, 0.25) is 0 Å². The molecule has 0 aromatic heterocycles. The van der Waals surface area contributed by atoms with E-state index < -0.39 is 6.10 Å². The van der Waals surface area contributed by atoms with E-state index in [-0.39, 0.29) is 5.91 Å². The van der Waals surface area contributed by atoms with Crippen molar-refractivity contribution in [3.05, 3.63) is 84.4 Å². The minimum Gasteiger partial charge on any atom is -0.480 e. The van der Waals surface area contributed by atoms with Gasteiger partial charge in [-0.3, -0.25) is 9.59 Å². The van der Waals surface area contributed by atoms with Gasteiger partial charge in [-0.1, -0.05) is 60.7 Å². The molecule has 0 saturated carbocycles. The number of anilines is 1. The molecule has 0 aliphatic rings. The number of nitrogens with one attached hydrogen (secondary N) is 1. The standard InChI is InChI=1S/C22H19NO3/c1-16(26-21-14-8-5-11-18(21)15-24)22(25)23-20-13-7-6-12-19(20)17-9-3-2-4-10-17/h2-16H,1H3,(H,23,25)/t16-/m1/s1. The summed E-state index contributed by atoms with van der Waals surface area (Å²) in [5.74, 6) is 0.107. The van der Waals surface area contributed by atoms with E-state index in [1.165, 1.54) is 0 Å². The molecule has 0 bridgehead atoms. The summed E-state index contributed by atoms with van der Waals surface area (Å²) in [7, 11) is 0. The van der Waals surface area contributed by atoms with Crippen molar-refractivity contribution in [3.8, 4) is 16.9 Å². The maximum Gasteiger partial charge on any atom is 0.265 e. The Morgan fingerprint density at radius 3 is 2.35 bits per heavy atom. The van der Waals surface area contributed by atoms with E-state index >= 15 is 0 Å². The molecule has 0 unspecified atom stereocenters. The van der Waals surface area contributed by atoms with Gasteiger partial charge in [0.05, 0.1) is 5.56 Å². The zero-order valence-electron chi connectivity index (χ0n) is 14.4. The minimum absolute atomic E-state index is 0.283. The van der Waals surface area contributed by atoms with Crippen LogP contribution in [-0.2, 0) is 4.79 Å². The predicted octanol–water partition coefficient (Wildman–Crippen LogP) is 4.57. The summed E-state index contributed by atoms with van der Waals surface area (Å²) in [4.78, 5) is 23.7. The average molecular weight is 345 g/mol. The normalized spacial score (nSPS) is 11.4. The number of hydrogen-bond acceptors (Lipinski definition) is 3. The van der Waals surface area contributed by atoms with Gasteiger partial charge in [0.15, 0.2) is 12.4 Å². The maximum absolute atomic E-state index is 12.6. The minimum atomic E-state index is -0.750. The van der Waals surface area contributed by atoms with Crippen LogP contribution in [0.4, 0.5) is 5.69 Å². The molecule has 0 aliphatic carbocycles. The van der Waals surface area contributed by atoms with Crippen LogP contribution >= 0.6 is 0 Å². The highest BCUT2D eigenvalue weighted by Crippen LogP contribution is 2.28. The van der Waals surface area contributed by atoms with Crippen LogP contribution in [-0.4, -0.2) is 18.3 Å². The van der Waals surface area contributed by atoms with E-state index in [1.54, 1.807) is 31.2 Å². The smallest absolute Gasteiger partial charge is 0.265 e. The van der Waals surface area contributed by atoms with Crippen LogP contribution in [0.1, 0.15) is 17.3 Å². The molecule has 0 fully saturated rings. The van der Waals surface area contributed by atoms with E-state index in [1.807, 2.05) is 54.6 Å². The van der Waals surface area contributed by atoms with Gasteiger partial charge in [0.2, 0.25) is 0 Å². The molecular weight excluding hydrogens is 326 g/mol. The molecule has 4 heteroatoms. The summed E-state index contributed by atoms with van der Waals surface area (Å²) in [5.41, 5.74) is 3.07. The SMILES string of the molecule is C[C@@H](Oc1ccccc1C=O)C(=O)Nc1ccccc1-c1ccccc1. The first-order valence-electron chi connectivity index (χ1n) is 8.35. The second-order valence-corrected chi connectivity index (χ2v) is 5.82. The Balaban J connectivity index is 1.77. The Labute approximate surface area is 152 Å². The molecule has 4 nitrogen and oxygen atoms in total. The Morgan fingerprint density at radius 1 is 0.923 bits per heavy atom. The van der Waals surface area contributed by atoms with Crippen molar-refractivity contribution in [1.82, 2.24) is 0 Å². The van der Waals surface area contributed by atoms with E-state index in [4.69, 9.17) is 4.74 Å². The lowest BCUT2D eigenvalue weighted by molar-refractivity contribution is -0.122. The zero-order chi connectivity index (χ0) is 18.4. The van der Waals surface area contributed by atoms with Crippen LogP contribution < -0.4 is 10.1 Å². The van der Waals surface area contributed by atoms with Crippen LogP contribution in [0.25, 0.3) is 11.1 Å². The lowest BCUT2D eigenvalue weighted by atomic mass is 10.0. The molecule has 0 aliphatic heterocycles. The predicted molar refractivity (Wildman–Crippen MR) is 102 cm³/mol. The highest BCUT2D eigenvalue weighted by atomic mass is 16.5. The first-order valence-corrected chi connectivity index (χ1v) is 8.35. The van der Waals surface area contributed by atoms with Crippen LogP contribution in [0.5, 0.6) is 5.75 Å². The monoisotopic (exact) mass is 345 g/mol. The number of aldehydes is 1. The summed E-state index contributed by atoms with van der Waals surface area (Å²) in [6.07, 6.45) is -0.0371. The molecular formula is C22H19NO3. The Kier molecular flexibility index (Phi) is 5.44. The molecule has 0 heterocycles. The van der Waals surface area contributed by atoms with Gasteiger partial charge in [-0.05, 0) is 30.7 Å². The molecule has 0 spiro atoms. The number of amides is 1. The quantitative estimate of drug-likeness (QED) is 0.666. The summed E-state index contributed by atoms with van der Waals surface area (Å²) in [6.45, 7) is 1.65.